The molecule has 0 unspecified atom stereocenters. The first-order chi connectivity index (χ1) is 7.88. The monoisotopic (exact) mass is 210 g/mol. The van der Waals surface area contributed by atoms with Gasteiger partial charge in [-0.25, -0.2) is 0 Å². The Morgan fingerprint density at radius 1 is 1.00 bits per heavy atom. The zero-order valence-electron chi connectivity index (χ0n) is 9.36. The van der Waals surface area contributed by atoms with Gasteiger partial charge in [0, 0.05) is 12.0 Å². The van der Waals surface area contributed by atoms with Gasteiger partial charge in [0.15, 0.2) is 0 Å². The Morgan fingerprint density at radius 3 is 2.69 bits per heavy atom. The minimum Gasteiger partial charge on any atom is -0.457 e. The molecule has 0 spiro atoms. The summed E-state index contributed by atoms with van der Waals surface area (Å²) >= 11 is 0. The van der Waals surface area contributed by atoms with Gasteiger partial charge in [0.1, 0.15) is 11.5 Å². The summed E-state index contributed by atoms with van der Waals surface area (Å²) in [6.45, 7) is 2.19. The number of hydrogen-bond donors (Lipinski definition) is 0. The third kappa shape index (κ3) is 1.40. The van der Waals surface area contributed by atoms with Crippen molar-refractivity contribution in [2.75, 3.05) is 0 Å². The highest BCUT2D eigenvalue weighted by molar-refractivity contribution is 5.52. The zero-order chi connectivity index (χ0) is 11.0. The lowest BCUT2D eigenvalue weighted by Gasteiger charge is -2.22. The Labute approximate surface area is 95.7 Å². The van der Waals surface area contributed by atoms with Crippen LogP contribution in [0.1, 0.15) is 23.6 Å². The van der Waals surface area contributed by atoms with Crippen LogP contribution in [0.4, 0.5) is 0 Å². The number of ether oxygens (including phenoxy) is 1. The Morgan fingerprint density at radius 2 is 1.81 bits per heavy atom. The van der Waals surface area contributed by atoms with Crippen molar-refractivity contribution >= 4 is 0 Å². The average Bonchev–Trinajstić information content (AvgIpc) is 2.35. The van der Waals surface area contributed by atoms with Crippen LogP contribution in [-0.2, 0) is 12.8 Å². The van der Waals surface area contributed by atoms with E-state index in [1.54, 1.807) is 0 Å². The number of para-hydroxylation sites is 1. The largest absolute Gasteiger partial charge is 0.457 e. The molecule has 0 N–H and O–H groups in total. The van der Waals surface area contributed by atoms with Crippen LogP contribution in [0.5, 0.6) is 11.5 Å². The molecule has 0 atom stereocenters. The molecule has 1 aliphatic heterocycles. The topological polar surface area (TPSA) is 9.23 Å². The Hall–Kier alpha value is -1.76. The van der Waals surface area contributed by atoms with Crippen LogP contribution in [0.15, 0.2) is 42.5 Å². The maximum atomic E-state index is 5.92. The van der Waals surface area contributed by atoms with Crippen LogP contribution in [0.25, 0.3) is 0 Å². The van der Waals surface area contributed by atoms with E-state index < -0.39 is 0 Å². The van der Waals surface area contributed by atoms with Crippen molar-refractivity contribution in [2.45, 2.75) is 19.8 Å². The maximum Gasteiger partial charge on any atom is 0.131 e. The first kappa shape index (κ1) is 9.46. The second kappa shape index (κ2) is 3.67. The number of hydrogen-bond acceptors (Lipinski definition) is 1. The van der Waals surface area contributed by atoms with Crippen molar-refractivity contribution in [3.05, 3.63) is 59.2 Å². The molecule has 80 valence electrons. The van der Waals surface area contributed by atoms with Gasteiger partial charge in [0.05, 0.1) is 0 Å². The summed E-state index contributed by atoms with van der Waals surface area (Å²) in [5, 5.41) is 0. The van der Waals surface area contributed by atoms with Gasteiger partial charge >= 0.3 is 0 Å². The van der Waals surface area contributed by atoms with Crippen LogP contribution in [0.2, 0.25) is 0 Å². The van der Waals surface area contributed by atoms with Gasteiger partial charge in [-0.05, 0) is 29.7 Å². The third-order valence-corrected chi connectivity index (χ3v) is 3.17. The number of fused-ring (bicyclic) bond motifs is 2. The molecule has 0 aromatic heterocycles. The molecule has 1 heterocycles. The molecule has 1 nitrogen and oxygen atoms in total. The summed E-state index contributed by atoms with van der Waals surface area (Å²) in [7, 11) is 0. The van der Waals surface area contributed by atoms with Crippen LogP contribution >= 0.6 is 0 Å². The first-order valence-corrected chi connectivity index (χ1v) is 5.75. The van der Waals surface area contributed by atoms with E-state index in [0.717, 1.165) is 24.3 Å². The summed E-state index contributed by atoms with van der Waals surface area (Å²) < 4.78 is 5.92. The van der Waals surface area contributed by atoms with E-state index in [4.69, 9.17) is 4.74 Å². The van der Waals surface area contributed by atoms with Crippen molar-refractivity contribution in [3.8, 4) is 11.5 Å². The number of aryl methyl sites for hydroxylation is 1. The SMILES string of the molecule is CCc1cccc2c1Cc1ccccc1O2. The van der Waals surface area contributed by atoms with Crippen LogP contribution in [0, 0.1) is 0 Å². The number of benzene rings is 2. The summed E-state index contributed by atoms with van der Waals surface area (Å²) in [6.07, 6.45) is 2.06. The summed E-state index contributed by atoms with van der Waals surface area (Å²) in [4.78, 5) is 0. The predicted molar refractivity (Wildman–Crippen MR) is 65.1 cm³/mol. The lowest BCUT2D eigenvalue weighted by Crippen LogP contribution is -2.05. The third-order valence-electron chi connectivity index (χ3n) is 3.17. The highest BCUT2D eigenvalue weighted by atomic mass is 16.5. The molecule has 2 aromatic rings. The molecule has 1 aliphatic rings. The van der Waals surface area contributed by atoms with Gasteiger partial charge in [0.2, 0.25) is 0 Å². The van der Waals surface area contributed by atoms with Gasteiger partial charge in [0.25, 0.3) is 0 Å². The van der Waals surface area contributed by atoms with E-state index in [9.17, 15) is 0 Å². The molecule has 0 saturated heterocycles. The zero-order valence-corrected chi connectivity index (χ0v) is 9.36. The maximum absolute atomic E-state index is 5.92. The Bertz CT molecular complexity index is 529. The smallest absolute Gasteiger partial charge is 0.131 e. The first-order valence-electron chi connectivity index (χ1n) is 5.75. The average molecular weight is 210 g/mol. The van der Waals surface area contributed by atoms with E-state index >= 15 is 0 Å². The molecule has 0 saturated carbocycles. The lowest BCUT2D eigenvalue weighted by molar-refractivity contribution is 0.459. The van der Waals surface area contributed by atoms with Crippen molar-refractivity contribution in [2.24, 2.45) is 0 Å². The minimum atomic E-state index is 0.996. The van der Waals surface area contributed by atoms with Crippen molar-refractivity contribution in [1.29, 1.82) is 0 Å². The molecular weight excluding hydrogens is 196 g/mol. The quantitative estimate of drug-likeness (QED) is 0.591. The van der Waals surface area contributed by atoms with E-state index in [2.05, 4.69) is 37.3 Å². The van der Waals surface area contributed by atoms with Gasteiger partial charge in [-0.15, -0.1) is 0 Å². The second-order valence-corrected chi connectivity index (χ2v) is 4.13. The standard InChI is InChI=1S/C15H14O/c1-2-11-7-5-9-15-13(11)10-12-6-3-4-8-14(12)16-15/h3-9H,2,10H2,1H3. The highest BCUT2D eigenvalue weighted by Crippen LogP contribution is 2.37. The fourth-order valence-electron chi connectivity index (χ4n) is 2.30. The minimum absolute atomic E-state index is 0.996. The summed E-state index contributed by atoms with van der Waals surface area (Å²) in [5.41, 5.74) is 4.03. The van der Waals surface area contributed by atoms with E-state index in [0.29, 0.717) is 0 Å². The van der Waals surface area contributed by atoms with Gasteiger partial charge in [-0.2, -0.15) is 0 Å². The number of rotatable bonds is 1. The van der Waals surface area contributed by atoms with Gasteiger partial charge < -0.3 is 4.74 Å². The molecule has 1 heteroatoms. The summed E-state index contributed by atoms with van der Waals surface area (Å²) in [5.74, 6) is 2.03. The van der Waals surface area contributed by atoms with Crippen molar-refractivity contribution < 1.29 is 4.74 Å². The van der Waals surface area contributed by atoms with E-state index in [-0.39, 0.29) is 0 Å². The molecular formula is C15H14O. The van der Waals surface area contributed by atoms with Crippen LogP contribution < -0.4 is 4.74 Å². The molecule has 0 aliphatic carbocycles. The normalized spacial score (nSPS) is 12.6. The Balaban J connectivity index is 2.12. The van der Waals surface area contributed by atoms with E-state index in [1.165, 1.54) is 16.7 Å². The molecule has 0 fully saturated rings. The molecule has 0 bridgehead atoms. The van der Waals surface area contributed by atoms with Crippen LogP contribution in [0.3, 0.4) is 0 Å². The summed E-state index contributed by atoms with van der Waals surface area (Å²) in [6, 6.07) is 14.6. The fourth-order valence-corrected chi connectivity index (χ4v) is 2.30. The van der Waals surface area contributed by atoms with E-state index in [1.807, 2.05) is 12.1 Å². The molecule has 3 rings (SSSR count). The van der Waals surface area contributed by atoms with Crippen LogP contribution in [-0.4, -0.2) is 0 Å². The fraction of sp³-hybridized carbons (Fsp3) is 0.200. The lowest BCUT2D eigenvalue weighted by atomic mass is 9.95. The van der Waals surface area contributed by atoms with Crippen molar-refractivity contribution in [1.82, 2.24) is 0 Å². The molecule has 2 aromatic carbocycles. The predicted octanol–water partition coefficient (Wildman–Crippen LogP) is 3.95. The van der Waals surface area contributed by atoms with Crippen molar-refractivity contribution in [3.63, 3.8) is 0 Å². The van der Waals surface area contributed by atoms with Gasteiger partial charge in [-0.3, -0.25) is 0 Å². The molecule has 16 heavy (non-hydrogen) atoms. The van der Waals surface area contributed by atoms with Gasteiger partial charge in [-0.1, -0.05) is 37.3 Å². The molecule has 0 radical (unpaired) electrons. The second-order valence-electron chi connectivity index (χ2n) is 4.13. The molecule has 0 amide bonds. The highest BCUT2D eigenvalue weighted by Gasteiger charge is 2.17. The Kier molecular flexibility index (Phi) is 2.17.